The van der Waals surface area contributed by atoms with E-state index in [-0.39, 0.29) is 24.1 Å². The average molecular weight is 565 g/mol. The Morgan fingerprint density at radius 1 is 1.20 bits per heavy atom. The standard InChI is InChI=1S/C30H33FN4O4S/c1-34-12-13-39-24-15-20(17-32-28(24)34)22-8-4-5-9-23(22)26-27(31)40-30(33-26)35(21-10-11-21)29(38)19(16-25(36)37)14-18-6-2-3-7-18/h4-5,8-9,15,17-19,21H,2-3,6-7,10-14,16H2,1H3,(H,36,37). The fraction of sp³-hybridized carbons (Fsp3) is 0.467. The quantitative estimate of drug-likeness (QED) is 0.340. The van der Waals surface area contributed by atoms with E-state index in [1.165, 1.54) is 0 Å². The van der Waals surface area contributed by atoms with E-state index in [0.29, 0.717) is 35.4 Å². The summed E-state index contributed by atoms with van der Waals surface area (Å²) in [6.07, 6.45) is 7.99. The van der Waals surface area contributed by atoms with Crippen LogP contribution in [0.3, 0.4) is 0 Å². The molecule has 8 nitrogen and oxygen atoms in total. The fourth-order valence-electron chi connectivity index (χ4n) is 5.97. The number of amides is 1. The Kier molecular flexibility index (Phi) is 7.44. The Hall–Kier alpha value is -3.53. The fourth-order valence-corrected chi connectivity index (χ4v) is 6.85. The summed E-state index contributed by atoms with van der Waals surface area (Å²) in [5, 5.41) is 9.40. The van der Waals surface area contributed by atoms with Gasteiger partial charge >= 0.3 is 5.97 Å². The van der Waals surface area contributed by atoms with Gasteiger partial charge < -0.3 is 14.7 Å². The summed E-state index contributed by atoms with van der Waals surface area (Å²) in [4.78, 5) is 38.4. The molecule has 0 saturated heterocycles. The van der Waals surface area contributed by atoms with E-state index in [1.807, 2.05) is 42.3 Å². The van der Waals surface area contributed by atoms with Crippen molar-refractivity contribution in [3.63, 3.8) is 0 Å². The number of carbonyl (C=O) groups excluding carboxylic acids is 1. The zero-order chi connectivity index (χ0) is 27.8. The lowest BCUT2D eigenvalue weighted by Gasteiger charge is -2.26. The number of benzene rings is 1. The average Bonchev–Trinajstić information content (AvgIpc) is 3.50. The first-order chi connectivity index (χ1) is 19.4. The third-order valence-corrected chi connectivity index (χ3v) is 9.01. The molecule has 2 aromatic heterocycles. The van der Waals surface area contributed by atoms with Gasteiger partial charge in [0, 0.05) is 36.3 Å². The summed E-state index contributed by atoms with van der Waals surface area (Å²) in [6.45, 7) is 1.32. The minimum absolute atomic E-state index is 0.0694. The predicted molar refractivity (Wildman–Crippen MR) is 152 cm³/mol. The van der Waals surface area contributed by atoms with Crippen molar-refractivity contribution in [2.24, 2.45) is 11.8 Å². The number of carboxylic acids is 1. The number of rotatable bonds is 9. The van der Waals surface area contributed by atoms with Crippen LogP contribution >= 0.6 is 11.3 Å². The SMILES string of the molecule is CN1CCOc2cc(-c3ccccc3-c3nc(N(C(=O)C(CC(=O)O)CC4CCCC4)C4CC4)sc3F)cnc21. The molecule has 1 amide bonds. The monoisotopic (exact) mass is 564 g/mol. The van der Waals surface area contributed by atoms with Gasteiger partial charge in [0.15, 0.2) is 16.7 Å². The molecule has 10 heteroatoms. The normalized spacial score (nSPS) is 17.8. The molecule has 2 aliphatic carbocycles. The molecule has 3 aliphatic rings. The van der Waals surface area contributed by atoms with Gasteiger partial charge in [-0.1, -0.05) is 61.3 Å². The topological polar surface area (TPSA) is 95.9 Å². The molecule has 210 valence electrons. The van der Waals surface area contributed by atoms with E-state index in [4.69, 9.17) is 4.74 Å². The molecular formula is C30H33FN4O4S. The molecule has 1 unspecified atom stereocenters. The molecule has 1 aromatic carbocycles. The van der Waals surface area contributed by atoms with Gasteiger partial charge in [0.1, 0.15) is 12.3 Å². The number of nitrogens with zero attached hydrogens (tertiary/aromatic N) is 4. The molecule has 0 radical (unpaired) electrons. The summed E-state index contributed by atoms with van der Waals surface area (Å²) in [6, 6.07) is 9.29. The van der Waals surface area contributed by atoms with Gasteiger partial charge in [-0.2, -0.15) is 4.39 Å². The Labute approximate surface area is 236 Å². The van der Waals surface area contributed by atoms with Crippen LogP contribution in [0.1, 0.15) is 51.4 Å². The van der Waals surface area contributed by atoms with Crippen molar-refractivity contribution in [2.75, 3.05) is 30.0 Å². The van der Waals surface area contributed by atoms with Gasteiger partial charge in [0.2, 0.25) is 11.0 Å². The first-order valence-electron chi connectivity index (χ1n) is 14.0. The van der Waals surface area contributed by atoms with E-state index in [9.17, 15) is 14.7 Å². The summed E-state index contributed by atoms with van der Waals surface area (Å²) < 4.78 is 21.5. The maximum Gasteiger partial charge on any atom is 0.304 e. The van der Waals surface area contributed by atoms with Crippen LogP contribution in [0.4, 0.5) is 15.3 Å². The van der Waals surface area contributed by atoms with Gasteiger partial charge in [-0.05, 0) is 36.8 Å². The first-order valence-corrected chi connectivity index (χ1v) is 14.9. The Morgan fingerprint density at radius 2 is 1.95 bits per heavy atom. The van der Waals surface area contributed by atoms with Crippen LogP contribution < -0.4 is 14.5 Å². The van der Waals surface area contributed by atoms with Gasteiger partial charge in [0.25, 0.3) is 0 Å². The van der Waals surface area contributed by atoms with E-state index in [2.05, 4.69) is 9.97 Å². The zero-order valence-electron chi connectivity index (χ0n) is 22.5. The molecule has 1 aliphatic heterocycles. The zero-order valence-corrected chi connectivity index (χ0v) is 23.3. The highest BCUT2D eigenvalue weighted by atomic mass is 32.1. The van der Waals surface area contributed by atoms with E-state index in [1.54, 1.807) is 11.1 Å². The van der Waals surface area contributed by atoms with Crippen LogP contribution in [-0.4, -0.2) is 53.2 Å². The van der Waals surface area contributed by atoms with Gasteiger partial charge in [-0.25, -0.2) is 9.97 Å². The summed E-state index contributed by atoms with van der Waals surface area (Å²) in [5.41, 5.74) is 2.33. The van der Waals surface area contributed by atoms with E-state index < -0.39 is 17.0 Å². The van der Waals surface area contributed by atoms with Crippen LogP contribution in [0.25, 0.3) is 22.4 Å². The second kappa shape index (κ2) is 11.2. The first kappa shape index (κ1) is 26.7. The van der Waals surface area contributed by atoms with Crippen LogP contribution in [0.15, 0.2) is 36.5 Å². The van der Waals surface area contributed by atoms with Crippen molar-refractivity contribution in [1.82, 2.24) is 9.97 Å². The van der Waals surface area contributed by atoms with E-state index in [0.717, 1.165) is 73.4 Å². The van der Waals surface area contributed by atoms with E-state index >= 15 is 4.39 Å². The molecule has 0 bridgehead atoms. The molecule has 3 heterocycles. The minimum Gasteiger partial charge on any atom is -0.488 e. The number of hydrogen-bond donors (Lipinski definition) is 1. The number of carboxylic acid groups (broad SMARTS) is 1. The second-order valence-electron chi connectivity index (χ2n) is 11.1. The third-order valence-electron chi connectivity index (χ3n) is 8.16. The summed E-state index contributed by atoms with van der Waals surface area (Å²) in [7, 11) is 1.97. The number of halogens is 1. The largest absolute Gasteiger partial charge is 0.488 e. The number of anilines is 2. The molecule has 2 fully saturated rings. The van der Waals surface area contributed by atoms with Crippen LogP contribution in [0.5, 0.6) is 5.75 Å². The van der Waals surface area contributed by atoms with Crippen molar-refractivity contribution in [2.45, 2.75) is 57.4 Å². The number of aliphatic carboxylic acids is 1. The van der Waals surface area contributed by atoms with Gasteiger partial charge in [-0.3, -0.25) is 14.5 Å². The smallest absolute Gasteiger partial charge is 0.304 e. The van der Waals surface area contributed by atoms with Crippen LogP contribution in [0, 0.1) is 17.0 Å². The maximum atomic E-state index is 15.6. The lowest BCUT2D eigenvalue weighted by molar-refractivity contribution is -0.141. The molecule has 3 aromatic rings. The lowest BCUT2D eigenvalue weighted by Crippen LogP contribution is -2.39. The molecule has 0 spiro atoms. The highest BCUT2D eigenvalue weighted by Gasteiger charge is 2.40. The Morgan fingerprint density at radius 3 is 2.67 bits per heavy atom. The highest BCUT2D eigenvalue weighted by molar-refractivity contribution is 7.14. The van der Waals surface area contributed by atoms with Crippen molar-refractivity contribution < 1.29 is 23.8 Å². The molecule has 2 saturated carbocycles. The Bertz CT molecular complexity index is 1420. The highest BCUT2D eigenvalue weighted by Crippen LogP contribution is 2.43. The summed E-state index contributed by atoms with van der Waals surface area (Å²) in [5.74, 6) is -0.0618. The number of hydrogen-bond acceptors (Lipinski definition) is 7. The van der Waals surface area contributed by atoms with Crippen LogP contribution in [0.2, 0.25) is 0 Å². The number of thiazole rings is 1. The molecule has 1 atom stereocenters. The molecule has 6 rings (SSSR count). The van der Waals surface area contributed by atoms with Crippen LogP contribution in [-0.2, 0) is 9.59 Å². The molecular weight excluding hydrogens is 531 g/mol. The second-order valence-corrected chi connectivity index (χ2v) is 12.0. The van der Waals surface area contributed by atoms with Crippen molar-refractivity contribution in [3.05, 3.63) is 41.7 Å². The lowest BCUT2D eigenvalue weighted by atomic mass is 9.90. The minimum atomic E-state index is -0.985. The third kappa shape index (κ3) is 5.41. The van der Waals surface area contributed by atoms with Crippen molar-refractivity contribution >= 4 is 34.2 Å². The predicted octanol–water partition coefficient (Wildman–Crippen LogP) is 6.01. The number of likely N-dealkylation sites (N-methyl/N-ethyl adjacent to an activating group) is 1. The van der Waals surface area contributed by atoms with Crippen molar-refractivity contribution in [1.29, 1.82) is 0 Å². The number of fused-ring (bicyclic) bond motifs is 1. The Balaban J connectivity index is 1.33. The molecule has 1 N–H and O–H groups in total. The molecule has 40 heavy (non-hydrogen) atoms. The number of ether oxygens (including phenoxy) is 1. The van der Waals surface area contributed by atoms with Gasteiger partial charge in [-0.15, -0.1) is 0 Å². The number of pyridine rings is 1. The van der Waals surface area contributed by atoms with Crippen molar-refractivity contribution in [3.8, 4) is 28.1 Å². The number of aromatic nitrogens is 2. The number of carbonyl (C=O) groups is 2. The van der Waals surface area contributed by atoms with Gasteiger partial charge in [0.05, 0.1) is 13.0 Å². The maximum absolute atomic E-state index is 15.6. The summed E-state index contributed by atoms with van der Waals surface area (Å²) >= 11 is 0.853.